The molecule has 8 heteroatoms. The van der Waals surface area contributed by atoms with Crippen LogP contribution < -0.4 is 9.62 Å². The summed E-state index contributed by atoms with van der Waals surface area (Å²) in [6.45, 7) is 2.74. The third kappa shape index (κ3) is 7.30. The summed E-state index contributed by atoms with van der Waals surface area (Å²) in [6.07, 6.45) is 3.59. The Hall–Kier alpha value is -1.93. The Kier molecular flexibility index (Phi) is 8.24. The number of nitrogens with zero attached hydrogens (tertiary/aromatic N) is 1. The van der Waals surface area contributed by atoms with E-state index >= 15 is 0 Å². The number of benzene rings is 1. The van der Waals surface area contributed by atoms with Crippen LogP contribution in [0.1, 0.15) is 24.2 Å². The van der Waals surface area contributed by atoms with Gasteiger partial charge in [-0.15, -0.1) is 0 Å². The Morgan fingerprint density at radius 1 is 1.22 bits per heavy atom. The monoisotopic (exact) mass is 410 g/mol. The summed E-state index contributed by atoms with van der Waals surface area (Å²) in [6, 6.07) is 11.1. The lowest BCUT2D eigenvalue weighted by Crippen LogP contribution is -2.33. The van der Waals surface area contributed by atoms with Crippen molar-refractivity contribution in [2.24, 2.45) is 0 Å². The van der Waals surface area contributed by atoms with Gasteiger partial charge in [0.05, 0.1) is 24.0 Å². The highest BCUT2D eigenvalue weighted by molar-refractivity contribution is 7.98. The number of amides is 1. The second kappa shape index (κ2) is 10.4. The minimum Gasteiger partial charge on any atom is -0.468 e. The molecule has 1 N–H and O–H groups in total. The third-order valence-electron chi connectivity index (χ3n) is 3.94. The van der Waals surface area contributed by atoms with Crippen molar-refractivity contribution in [3.05, 3.63) is 54.0 Å². The van der Waals surface area contributed by atoms with Crippen LogP contribution in [0.15, 0.2) is 47.1 Å². The maximum atomic E-state index is 12.1. The van der Waals surface area contributed by atoms with E-state index in [1.165, 1.54) is 10.6 Å². The van der Waals surface area contributed by atoms with Gasteiger partial charge in [0.25, 0.3) is 0 Å². The summed E-state index contributed by atoms with van der Waals surface area (Å²) in [7, 11) is -3.39. The van der Waals surface area contributed by atoms with Gasteiger partial charge in [0, 0.05) is 25.3 Å². The smallest absolute Gasteiger partial charge is 0.232 e. The van der Waals surface area contributed by atoms with Crippen molar-refractivity contribution in [3.8, 4) is 0 Å². The number of hydrogen-bond acceptors (Lipinski definition) is 5. The van der Waals surface area contributed by atoms with E-state index in [2.05, 4.69) is 5.32 Å². The molecule has 0 saturated carbocycles. The fourth-order valence-corrected chi connectivity index (χ4v) is 4.39. The van der Waals surface area contributed by atoms with Crippen molar-refractivity contribution in [2.75, 3.05) is 29.4 Å². The number of anilines is 1. The molecule has 0 unspecified atom stereocenters. The molecule has 1 aromatic heterocycles. The van der Waals surface area contributed by atoms with Crippen molar-refractivity contribution < 1.29 is 17.6 Å². The molecule has 0 aliphatic heterocycles. The first kappa shape index (κ1) is 21.4. The molecule has 27 heavy (non-hydrogen) atoms. The first-order chi connectivity index (χ1) is 12.9. The fourth-order valence-electron chi connectivity index (χ4n) is 2.61. The molecule has 0 aliphatic carbocycles. The standard InChI is InChI=1S/C19H26N2O4S2/c1-16-7-3-4-9-18(16)21(27(2,23)24)12-5-10-19(22)20-11-14-26-15-17-8-6-13-25-17/h3-4,6-9,13H,5,10-12,14-15H2,1-2H3,(H,20,22). The lowest BCUT2D eigenvalue weighted by Gasteiger charge is -2.24. The van der Waals surface area contributed by atoms with Crippen LogP contribution in [-0.4, -0.2) is 39.4 Å². The summed E-state index contributed by atoms with van der Waals surface area (Å²) >= 11 is 1.69. The highest BCUT2D eigenvalue weighted by atomic mass is 32.2. The van der Waals surface area contributed by atoms with E-state index in [4.69, 9.17) is 4.42 Å². The van der Waals surface area contributed by atoms with Crippen LogP contribution in [0.5, 0.6) is 0 Å². The molecule has 0 atom stereocenters. The summed E-state index contributed by atoms with van der Waals surface area (Å²) in [5.74, 6) is 2.43. The second-order valence-corrected chi connectivity index (χ2v) is 9.22. The van der Waals surface area contributed by atoms with Crippen LogP contribution in [-0.2, 0) is 20.6 Å². The molecule has 1 heterocycles. The number of sulfonamides is 1. The molecule has 0 radical (unpaired) electrons. The van der Waals surface area contributed by atoms with Gasteiger partial charge >= 0.3 is 0 Å². The lowest BCUT2D eigenvalue weighted by atomic mass is 10.2. The molecule has 0 aliphatic rings. The Bertz CT molecular complexity index is 820. The number of hydrogen-bond donors (Lipinski definition) is 1. The predicted molar refractivity (Wildman–Crippen MR) is 110 cm³/mol. The third-order valence-corrected chi connectivity index (χ3v) is 6.10. The molecule has 148 valence electrons. The van der Waals surface area contributed by atoms with Crippen LogP contribution in [0.4, 0.5) is 5.69 Å². The highest BCUT2D eigenvalue weighted by Gasteiger charge is 2.18. The molecule has 1 amide bonds. The molecule has 0 fully saturated rings. The second-order valence-electron chi connectivity index (χ2n) is 6.21. The molecule has 0 bridgehead atoms. The van der Waals surface area contributed by atoms with Gasteiger partial charge in [-0.2, -0.15) is 11.8 Å². The quantitative estimate of drug-likeness (QED) is 0.576. The molecule has 1 aromatic carbocycles. The molecule has 2 rings (SSSR count). The van der Waals surface area contributed by atoms with Crippen molar-refractivity contribution in [1.82, 2.24) is 5.32 Å². The average Bonchev–Trinajstić information content (AvgIpc) is 3.12. The van der Waals surface area contributed by atoms with Crippen LogP contribution >= 0.6 is 11.8 Å². The lowest BCUT2D eigenvalue weighted by molar-refractivity contribution is -0.121. The van der Waals surface area contributed by atoms with Crippen LogP contribution in [0.3, 0.4) is 0 Å². The van der Waals surface area contributed by atoms with E-state index in [0.29, 0.717) is 25.1 Å². The summed E-state index contributed by atoms with van der Waals surface area (Å²) in [4.78, 5) is 12.0. The zero-order chi connectivity index (χ0) is 19.7. The van der Waals surface area contributed by atoms with Gasteiger partial charge in [-0.05, 0) is 37.1 Å². The Labute approximate surface area is 165 Å². The largest absolute Gasteiger partial charge is 0.468 e. The van der Waals surface area contributed by atoms with Crippen molar-refractivity contribution in [3.63, 3.8) is 0 Å². The minimum atomic E-state index is -3.39. The molecular weight excluding hydrogens is 384 g/mol. The van der Waals surface area contributed by atoms with Gasteiger partial charge in [-0.25, -0.2) is 8.42 Å². The summed E-state index contributed by atoms with van der Waals surface area (Å²) in [5, 5.41) is 2.87. The maximum absolute atomic E-state index is 12.1. The molecular formula is C19H26N2O4S2. The predicted octanol–water partition coefficient (Wildman–Crippen LogP) is 3.18. The van der Waals surface area contributed by atoms with Gasteiger partial charge in [-0.3, -0.25) is 9.10 Å². The van der Waals surface area contributed by atoms with Crippen LogP contribution in [0.25, 0.3) is 0 Å². The van der Waals surface area contributed by atoms with Crippen molar-refractivity contribution in [2.45, 2.75) is 25.5 Å². The van der Waals surface area contributed by atoms with Gasteiger partial charge in [-0.1, -0.05) is 18.2 Å². The summed E-state index contributed by atoms with van der Waals surface area (Å²) < 4.78 is 30.8. The minimum absolute atomic E-state index is 0.0631. The first-order valence-electron chi connectivity index (χ1n) is 8.78. The maximum Gasteiger partial charge on any atom is 0.232 e. The van der Waals surface area contributed by atoms with Crippen molar-refractivity contribution >= 4 is 33.4 Å². The normalized spacial score (nSPS) is 11.3. The highest BCUT2D eigenvalue weighted by Crippen LogP contribution is 2.22. The Morgan fingerprint density at radius 3 is 2.67 bits per heavy atom. The number of rotatable bonds is 11. The molecule has 0 spiro atoms. The molecule has 2 aromatic rings. The topological polar surface area (TPSA) is 79.6 Å². The zero-order valence-electron chi connectivity index (χ0n) is 15.7. The van der Waals surface area contributed by atoms with E-state index in [0.717, 1.165) is 22.8 Å². The molecule has 0 saturated heterocycles. The van der Waals surface area contributed by atoms with Crippen molar-refractivity contribution in [1.29, 1.82) is 0 Å². The Balaban J connectivity index is 1.71. The van der Waals surface area contributed by atoms with E-state index in [1.54, 1.807) is 24.1 Å². The van der Waals surface area contributed by atoms with E-state index in [-0.39, 0.29) is 12.5 Å². The number of para-hydroxylation sites is 1. The van der Waals surface area contributed by atoms with Crippen LogP contribution in [0, 0.1) is 6.92 Å². The molecule has 6 nitrogen and oxygen atoms in total. The van der Waals surface area contributed by atoms with Gasteiger partial charge in [0.1, 0.15) is 5.76 Å². The fraction of sp³-hybridized carbons (Fsp3) is 0.421. The van der Waals surface area contributed by atoms with E-state index < -0.39 is 10.0 Å². The first-order valence-corrected chi connectivity index (χ1v) is 11.8. The number of nitrogens with one attached hydrogen (secondary N) is 1. The number of thioether (sulfide) groups is 1. The van der Waals surface area contributed by atoms with Gasteiger partial charge in [0.15, 0.2) is 0 Å². The number of aryl methyl sites for hydroxylation is 1. The Morgan fingerprint density at radius 2 is 2.00 bits per heavy atom. The zero-order valence-corrected chi connectivity index (χ0v) is 17.3. The number of carbonyl (C=O) groups is 1. The van der Waals surface area contributed by atoms with Gasteiger partial charge < -0.3 is 9.73 Å². The van der Waals surface area contributed by atoms with Gasteiger partial charge in [0.2, 0.25) is 15.9 Å². The number of furan rings is 1. The van der Waals surface area contributed by atoms with Crippen LogP contribution in [0.2, 0.25) is 0 Å². The SMILES string of the molecule is Cc1ccccc1N(CCCC(=O)NCCSCc1ccco1)S(C)(=O)=O. The van der Waals surface area contributed by atoms with E-state index in [9.17, 15) is 13.2 Å². The average molecular weight is 411 g/mol. The number of carbonyl (C=O) groups excluding carboxylic acids is 1. The van der Waals surface area contributed by atoms with E-state index in [1.807, 2.05) is 37.3 Å². The summed E-state index contributed by atoms with van der Waals surface area (Å²) in [5.41, 5.74) is 1.55.